The number of rotatable bonds is 7. The maximum atomic E-state index is 12.1. The largest absolute Gasteiger partial charge is 0.435 e. The molecular weight excluding hydrogens is 300 g/mol. The summed E-state index contributed by atoms with van der Waals surface area (Å²) in [5.74, 6) is 0.0561. The average Bonchev–Trinajstić information content (AvgIpc) is 2.54. The zero-order chi connectivity index (χ0) is 16.7. The van der Waals surface area contributed by atoms with Crippen molar-refractivity contribution in [2.45, 2.75) is 32.4 Å². The van der Waals surface area contributed by atoms with Gasteiger partial charge in [-0.3, -0.25) is 4.79 Å². The molecule has 0 spiro atoms. The van der Waals surface area contributed by atoms with Crippen LogP contribution in [0.5, 0.6) is 5.75 Å². The molecule has 0 saturated heterocycles. The number of aryl methyl sites for hydroxylation is 1. The fourth-order valence-corrected chi connectivity index (χ4v) is 2.24. The van der Waals surface area contributed by atoms with Gasteiger partial charge in [0.15, 0.2) is 0 Å². The summed E-state index contributed by atoms with van der Waals surface area (Å²) in [4.78, 5) is 12.0. The lowest BCUT2D eigenvalue weighted by molar-refractivity contribution is -0.121. The average molecular weight is 319 g/mol. The molecule has 0 aliphatic heterocycles. The van der Waals surface area contributed by atoms with Crippen LogP contribution in [-0.4, -0.2) is 12.5 Å². The quantitative estimate of drug-likeness (QED) is 0.834. The van der Waals surface area contributed by atoms with E-state index in [-0.39, 0.29) is 17.7 Å². The highest BCUT2D eigenvalue weighted by Gasteiger charge is 2.10. The predicted octanol–water partition coefficient (Wildman–Crippen LogP) is 4.10. The Morgan fingerprint density at radius 1 is 1.09 bits per heavy atom. The summed E-state index contributed by atoms with van der Waals surface area (Å²) in [5, 5.41) is 2.90. The Labute approximate surface area is 134 Å². The topological polar surface area (TPSA) is 38.3 Å². The molecule has 0 aliphatic carbocycles. The summed E-state index contributed by atoms with van der Waals surface area (Å²) < 4.78 is 28.5. The molecule has 122 valence electrons. The van der Waals surface area contributed by atoms with Crippen LogP contribution < -0.4 is 10.1 Å². The normalized spacial score (nSPS) is 12.0. The number of carbonyl (C=O) groups is 1. The lowest BCUT2D eigenvalue weighted by Gasteiger charge is -2.15. The van der Waals surface area contributed by atoms with E-state index in [1.807, 2.05) is 37.3 Å². The van der Waals surface area contributed by atoms with E-state index in [2.05, 4.69) is 10.1 Å². The molecule has 0 heterocycles. The van der Waals surface area contributed by atoms with Crippen molar-refractivity contribution < 1.29 is 18.3 Å². The molecule has 5 heteroatoms. The smallest absolute Gasteiger partial charge is 0.387 e. The van der Waals surface area contributed by atoms with Crippen molar-refractivity contribution in [2.24, 2.45) is 0 Å². The van der Waals surface area contributed by atoms with Gasteiger partial charge in [0.05, 0.1) is 6.04 Å². The van der Waals surface area contributed by atoms with E-state index in [1.54, 1.807) is 12.1 Å². The van der Waals surface area contributed by atoms with Gasteiger partial charge in [0.1, 0.15) is 5.75 Å². The van der Waals surface area contributed by atoms with Crippen molar-refractivity contribution in [3.8, 4) is 5.75 Å². The summed E-state index contributed by atoms with van der Waals surface area (Å²) in [7, 11) is 0. The van der Waals surface area contributed by atoms with Crippen molar-refractivity contribution in [3.63, 3.8) is 0 Å². The van der Waals surface area contributed by atoms with Gasteiger partial charge in [-0.05, 0) is 36.6 Å². The number of hydrogen-bond acceptors (Lipinski definition) is 2. The predicted molar refractivity (Wildman–Crippen MR) is 84.4 cm³/mol. The molecular formula is C18H19F2NO2. The van der Waals surface area contributed by atoms with Crippen LogP contribution in [0.3, 0.4) is 0 Å². The van der Waals surface area contributed by atoms with E-state index in [1.165, 1.54) is 12.1 Å². The first kappa shape index (κ1) is 16.9. The van der Waals surface area contributed by atoms with Crippen LogP contribution in [0.2, 0.25) is 0 Å². The maximum Gasteiger partial charge on any atom is 0.387 e. The van der Waals surface area contributed by atoms with Gasteiger partial charge >= 0.3 is 6.61 Å². The second kappa shape index (κ2) is 8.27. The third-order valence-electron chi connectivity index (χ3n) is 3.47. The summed E-state index contributed by atoms with van der Waals surface area (Å²) in [6.07, 6.45) is 1.08. The first-order valence-electron chi connectivity index (χ1n) is 7.42. The molecule has 1 N–H and O–H groups in total. The number of ether oxygens (including phenoxy) is 1. The summed E-state index contributed by atoms with van der Waals surface area (Å²) in [6.45, 7) is -0.986. The molecule has 1 unspecified atom stereocenters. The minimum atomic E-state index is -2.84. The minimum absolute atomic E-state index is 0.0470. The van der Waals surface area contributed by atoms with Crippen LogP contribution in [0.4, 0.5) is 8.78 Å². The SMILES string of the molecule is CC(NC(=O)CCc1ccccc1)c1ccc(OC(F)F)cc1. The van der Waals surface area contributed by atoms with Gasteiger partial charge in [0, 0.05) is 6.42 Å². The molecule has 3 nitrogen and oxygen atoms in total. The molecule has 2 rings (SSSR count). The second-order valence-electron chi connectivity index (χ2n) is 5.22. The molecule has 0 saturated carbocycles. The van der Waals surface area contributed by atoms with Gasteiger partial charge in [0.2, 0.25) is 5.91 Å². The Morgan fingerprint density at radius 2 is 1.74 bits per heavy atom. The Kier molecular flexibility index (Phi) is 6.09. The van der Waals surface area contributed by atoms with Crippen LogP contribution in [-0.2, 0) is 11.2 Å². The molecule has 0 bridgehead atoms. The minimum Gasteiger partial charge on any atom is -0.435 e. The van der Waals surface area contributed by atoms with Crippen LogP contribution >= 0.6 is 0 Å². The molecule has 0 aromatic heterocycles. The Balaban J connectivity index is 1.83. The second-order valence-corrected chi connectivity index (χ2v) is 5.22. The van der Waals surface area contributed by atoms with E-state index in [0.29, 0.717) is 12.8 Å². The first-order valence-corrected chi connectivity index (χ1v) is 7.42. The number of alkyl halides is 2. The van der Waals surface area contributed by atoms with Gasteiger partial charge in [-0.15, -0.1) is 0 Å². The van der Waals surface area contributed by atoms with E-state index in [9.17, 15) is 13.6 Å². The number of benzene rings is 2. The third kappa shape index (κ3) is 5.70. The summed E-state index contributed by atoms with van der Waals surface area (Å²) >= 11 is 0. The van der Waals surface area contributed by atoms with Crippen molar-refractivity contribution in [1.82, 2.24) is 5.32 Å². The van der Waals surface area contributed by atoms with Crippen molar-refractivity contribution in [2.75, 3.05) is 0 Å². The number of carbonyl (C=O) groups excluding carboxylic acids is 1. The summed E-state index contributed by atoms with van der Waals surface area (Å²) in [5.41, 5.74) is 1.95. The van der Waals surface area contributed by atoms with Gasteiger partial charge in [0.25, 0.3) is 0 Å². The van der Waals surface area contributed by atoms with E-state index in [0.717, 1.165) is 11.1 Å². The highest BCUT2D eigenvalue weighted by molar-refractivity contribution is 5.76. The standard InChI is InChI=1S/C18H19F2NO2/c1-13(15-8-10-16(11-9-15)23-18(19)20)21-17(22)12-7-14-5-3-2-4-6-14/h2-6,8-11,13,18H,7,12H2,1H3,(H,21,22). The molecule has 2 aromatic carbocycles. The number of amides is 1. The van der Waals surface area contributed by atoms with Crippen LogP contribution in [0, 0.1) is 0 Å². The van der Waals surface area contributed by atoms with Crippen molar-refractivity contribution in [3.05, 3.63) is 65.7 Å². The van der Waals surface area contributed by atoms with Crippen LogP contribution in [0.1, 0.15) is 30.5 Å². The van der Waals surface area contributed by atoms with Crippen molar-refractivity contribution in [1.29, 1.82) is 0 Å². The third-order valence-corrected chi connectivity index (χ3v) is 3.47. The molecule has 0 fully saturated rings. The van der Waals surface area contributed by atoms with Crippen LogP contribution in [0.25, 0.3) is 0 Å². The number of nitrogens with one attached hydrogen (secondary N) is 1. The van der Waals surface area contributed by atoms with Gasteiger partial charge in [-0.2, -0.15) is 8.78 Å². The highest BCUT2D eigenvalue weighted by atomic mass is 19.3. The zero-order valence-corrected chi connectivity index (χ0v) is 12.8. The maximum absolute atomic E-state index is 12.1. The van der Waals surface area contributed by atoms with E-state index >= 15 is 0 Å². The fourth-order valence-electron chi connectivity index (χ4n) is 2.24. The molecule has 1 amide bonds. The lowest BCUT2D eigenvalue weighted by Crippen LogP contribution is -2.26. The molecule has 2 aromatic rings. The van der Waals surface area contributed by atoms with E-state index < -0.39 is 6.61 Å². The first-order chi connectivity index (χ1) is 11.0. The highest BCUT2D eigenvalue weighted by Crippen LogP contribution is 2.19. The van der Waals surface area contributed by atoms with Gasteiger partial charge in [-0.1, -0.05) is 42.5 Å². The molecule has 1 atom stereocenters. The number of hydrogen-bond donors (Lipinski definition) is 1. The molecule has 23 heavy (non-hydrogen) atoms. The molecule has 0 radical (unpaired) electrons. The van der Waals surface area contributed by atoms with E-state index in [4.69, 9.17) is 0 Å². The number of halogens is 2. The Morgan fingerprint density at radius 3 is 2.35 bits per heavy atom. The fraction of sp³-hybridized carbons (Fsp3) is 0.278. The Hall–Kier alpha value is -2.43. The van der Waals surface area contributed by atoms with Gasteiger partial charge in [-0.25, -0.2) is 0 Å². The zero-order valence-electron chi connectivity index (χ0n) is 12.8. The monoisotopic (exact) mass is 319 g/mol. The van der Waals surface area contributed by atoms with Gasteiger partial charge < -0.3 is 10.1 Å². The van der Waals surface area contributed by atoms with Crippen molar-refractivity contribution >= 4 is 5.91 Å². The summed E-state index contributed by atoms with van der Waals surface area (Å²) in [6, 6.07) is 15.9. The van der Waals surface area contributed by atoms with Crippen LogP contribution in [0.15, 0.2) is 54.6 Å². The molecule has 0 aliphatic rings. The Bertz CT molecular complexity index is 615. The lowest BCUT2D eigenvalue weighted by atomic mass is 10.1.